The molecule has 0 aliphatic rings. The van der Waals surface area contributed by atoms with Crippen LogP contribution in [0, 0.1) is 11.6 Å². The average Bonchev–Trinajstić information content (AvgIpc) is 2.36. The molecule has 0 aliphatic heterocycles. The molecule has 0 saturated carbocycles. The molecular formula is C13H7Br2ClF2O. The van der Waals surface area contributed by atoms with E-state index in [1.165, 1.54) is 30.3 Å². The molecule has 1 N–H and O–H groups in total. The summed E-state index contributed by atoms with van der Waals surface area (Å²) in [4.78, 5) is 0. The van der Waals surface area contributed by atoms with Crippen LogP contribution in [0.15, 0.2) is 39.3 Å². The van der Waals surface area contributed by atoms with Crippen molar-refractivity contribution in [3.8, 4) is 0 Å². The molecule has 6 heteroatoms. The van der Waals surface area contributed by atoms with Gasteiger partial charge in [-0.25, -0.2) is 8.78 Å². The molecule has 0 spiro atoms. The van der Waals surface area contributed by atoms with Crippen molar-refractivity contribution in [1.29, 1.82) is 0 Å². The molecular weight excluding hydrogens is 405 g/mol. The van der Waals surface area contributed by atoms with Crippen LogP contribution in [0.4, 0.5) is 8.78 Å². The van der Waals surface area contributed by atoms with Crippen molar-refractivity contribution in [1.82, 2.24) is 0 Å². The monoisotopic (exact) mass is 410 g/mol. The minimum absolute atomic E-state index is 0.0340. The SMILES string of the molecule is OC(c1ccc(F)c(Br)c1)c1cc(Cl)c(Br)cc1F. The second kappa shape index (κ2) is 5.87. The number of aliphatic hydroxyl groups is 1. The zero-order chi connectivity index (χ0) is 14.2. The summed E-state index contributed by atoms with van der Waals surface area (Å²) in [7, 11) is 0. The predicted octanol–water partition coefficient (Wildman–Crippen LogP) is 5.22. The van der Waals surface area contributed by atoms with Crippen LogP contribution in [0.1, 0.15) is 17.2 Å². The molecule has 100 valence electrons. The van der Waals surface area contributed by atoms with E-state index >= 15 is 0 Å². The minimum Gasteiger partial charge on any atom is -0.384 e. The highest BCUT2D eigenvalue weighted by molar-refractivity contribution is 9.10. The van der Waals surface area contributed by atoms with E-state index in [-0.39, 0.29) is 15.1 Å². The standard InChI is InChI=1S/C13H7Br2ClF2O/c14-8-5-12(18)7(4-10(8)16)13(19)6-1-2-11(17)9(15)3-6/h1-5,13,19H. The van der Waals surface area contributed by atoms with E-state index in [9.17, 15) is 13.9 Å². The van der Waals surface area contributed by atoms with Gasteiger partial charge in [0.25, 0.3) is 0 Å². The number of halogens is 5. The third-order valence-corrected chi connectivity index (χ3v) is 4.40. The van der Waals surface area contributed by atoms with Crippen molar-refractivity contribution in [2.24, 2.45) is 0 Å². The Labute approximate surface area is 130 Å². The minimum atomic E-state index is -1.22. The summed E-state index contributed by atoms with van der Waals surface area (Å²) in [6, 6.07) is 6.50. The quantitative estimate of drug-likeness (QED) is 0.670. The second-order valence-corrected chi connectivity index (χ2v) is 5.98. The fourth-order valence-electron chi connectivity index (χ4n) is 1.61. The van der Waals surface area contributed by atoms with Gasteiger partial charge in [-0.3, -0.25) is 0 Å². The molecule has 0 heterocycles. The van der Waals surface area contributed by atoms with Crippen LogP contribution in [0.3, 0.4) is 0 Å². The van der Waals surface area contributed by atoms with Gasteiger partial charge in [-0.15, -0.1) is 0 Å². The Bertz CT molecular complexity index is 634. The molecule has 19 heavy (non-hydrogen) atoms. The van der Waals surface area contributed by atoms with Crippen molar-refractivity contribution in [2.75, 3.05) is 0 Å². The number of hydrogen-bond acceptors (Lipinski definition) is 1. The fourth-order valence-corrected chi connectivity index (χ4v) is 2.49. The Balaban J connectivity index is 2.46. The molecule has 2 aromatic carbocycles. The van der Waals surface area contributed by atoms with E-state index in [1.807, 2.05) is 0 Å². The number of hydrogen-bond donors (Lipinski definition) is 1. The first-order valence-corrected chi connectivity index (χ1v) is 7.14. The van der Waals surface area contributed by atoms with Gasteiger partial charge in [0, 0.05) is 10.0 Å². The first kappa shape index (κ1) is 14.9. The molecule has 0 amide bonds. The Hall–Kier alpha value is -0.490. The number of benzene rings is 2. The van der Waals surface area contributed by atoms with Crippen molar-refractivity contribution < 1.29 is 13.9 Å². The molecule has 1 atom stereocenters. The maximum atomic E-state index is 13.8. The highest BCUT2D eigenvalue weighted by Gasteiger charge is 2.18. The molecule has 0 radical (unpaired) electrons. The van der Waals surface area contributed by atoms with Crippen LogP contribution >= 0.6 is 43.5 Å². The third-order valence-electron chi connectivity index (χ3n) is 2.59. The lowest BCUT2D eigenvalue weighted by atomic mass is 10.0. The maximum Gasteiger partial charge on any atom is 0.137 e. The Kier molecular flexibility index (Phi) is 4.61. The topological polar surface area (TPSA) is 20.2 Å². The molecule has 1 unspecified atom stereocenters. The molecule has 2 rings (SSSR count). The number of aliphatic hydroxyl groups excluding tert-OH is 1. The molecule has 0 fully saturated rings. The van der Waals surface area contributed by atoms with Gasteiger partial charge in [-0.05, 0) is 61.7 Å². The van der Waals surface area contributed by atoms with Crippen LogP contribution < -0.4 is 0 Å². The normalized spacial score (nSPS) is 12.5. The Morgan fingerprint density at radius 2 is 1.68 bits per heavy atom. The molecule has 0 aliphatic carbocycles. The average molecular weight is 412 g/mol. The van der Waals surface area contributed by atoms with Crippen LogP contribution in [-0.4, -0.2) is 5.11 Å². The van der Waals surface area contributed by atoms with E-state index in [0.717, 1.165) is 0 Å². The van der Waals surface area contributed by atoms with Crippen molar-refractivity contribution in [3.63, 3.8) is 0 Å². The second-order valence-electron chi connectivity index (χ2n) is 3.86. The van der Waals surface area contributed by atoms with Crippen LogP contribution in [0.5, 0.6) is 0 Å². The van der Waals surface area contributed by atoms with Crippen molar-refractivity contribution in [3.05, 3.63) is 67.1 Å². The van der Waals surface area contributed by atoms with Crippen LogP contribution in [0.25, 0.3) is 0 Å². The molecule has 2 aromatic rings. The lowest BCUT2D eigenvalue weighted by Crippen LogP contribution is -2.03. The first-order valence-electron chi connectivity index (χ1n) is 5.17. The lowest BCUT2D eigenvalue weighted by Gasteiger charge is -2.14. The third kappa shape index (κ3) is 3.16. The van der Waals surface area contributed by atoms with E-state index in [4.69, 9.17) is 11.6 Å². The van der Waals surface area contributed by atoms with Gasteiger partial charge in [0.1, 0.15) is 17.7 Å². The molecule has 0 bridgehead atoms. The van der Waals surface area contributed by atoms with Crippen LogP contribution in [-0.2, 0) is 0 Å². The van der Waals surface area contributed by atoms with Crippen molar-refractivity contribution >= 4 is 43.5 Å². The zero-order valence-corrected chi connectivity index (χ0v) is 13.2. The Morgan fingerprint density at radius 3 is 2.32 bits per heavy atom. The summed E-state index contributed by atoms with van der Waals surface area (Å²) in [5.74, 6) is -1.05. The van der Waals surface area contributed by atoms with Gasteiger partial charge in [-0.1, -0.05) is 17.7 Å². The van der Waals surface area contributed by atoms with Gasteiger partial charge in [0.2, 0.25) is 0 Å². The summed E-state index contributed by atoms with van der Waals surface area (Å²) in [5.41, 5.74) is 0.400. The largest absolute Gasteiger partial charge is 0.384 e. The van der Waals surface area contributed by atoms with Crippen molar-refractivity contribution in [2.45, 2.75) is 6.10 Å². The van der Waals surface area contributed by atoms with E-state index in [0.29, 0.717) is 10.0 Å². The van der Waals surface area contributed by atoms with Gasteiger partial charge >= 0.3 is 0 Å². The summed E-state index contributed by atoms with van der Waals surface area (Å²) in [6.07, 6.45) is -1.22. The molecule has 1 nitrogen and oxygen atoms in total. The molecule has 0 saturated heterocycles. The summed E-state index contributed by atoms with van der Waals surface area (Å²) in [5, 5.41) is 10.4. The summed E-state index contributed by atoms with van der Waals surface area (Å²) >= 11 is 12.0. The van der Waals surface area contributed by atoms with E-state index in [2.05, 4.69) is 31.9 Å². The smallest absolute Gasteiger partial charge is 0.137 e. The first-order chi connectivity index (χ1) is 8.90. The summed E-state index contributed by atoms with van der Waals surface area (Å²) < 4.78 is 27.5. The zero-order valence-electron chi connectivity index (χ0n) is 9.30. The predicted molar refractivity (Wildman–Crippen MR) is 77.3 cm³/mol. The number of rotatable bonds is 2. The van der Waals surface area contributed by atoms with Gasteiger partial charge in [0.15, 0.2) is 0 Å². The van der Waals surface area contributed by atoms with Gasteiger partial charge in [-0.2, -0.15) is 0 Å². The maximum absolute atomic E-state index is 13.8. The summed E-state index contributed by atoms with van der Waals surface area (Å²) in [6.45, 7) is 0. The highest BCUT2D eigenvalue weighted by Crippen LogP contribution is 2.32. The van der Waals surface area contributed by atoms with E-state index < -0.39 is 17.7 Å². The van der Waals surface area contributed by atoms with E-state index in [1.54, 1.807) is 0 Å². The Morgan fingerprint density at radius 1 is 1.00 bits per heavy atom. The van der Waals surface area contributed by atoms with Gasteiger partial charge in [0.05, 0.1) is 9.50 Å². The van der Waals surface area contributed by atoms with Gasteiger partial charge < -0.3 is 5.11 Å². The lowest BCUT2D eigenvalue weighted by molar-refractivity contribution is 0.214. The molecule has 0 aromatic heterocycles. The fraction of sp³-hybridized carbons (Fsp3) is 0.0769. The van der Waals surface area contributed by atoms with Crippen LogP contribution in [0.2, 0.25) is 5.02 Å². The highest BCUT2D eigenvalue weighted by atomic mass is 79.9.